The molecule has 1 aromatic heterocycles. The molecule has 0 bridgehead atoms. The number of fused-ring (bicyclic) bond motifs is 1. The molecule has 34 heavy (non-hydrogen) atoms. The quantitative estimate of drug-likeness (QED) is 0.177. The molecule has 0 amide bonds. The van der Waals surface area contributed by atoms with Gasteiger partial charge in [0, 0.05) is 39.5 Å². The van der Waals surface area contributed by atoms with Crippen molar-refractivity contribution in [2.75, 3.05) is 13.2 Å². The monoisotopic (exact) mass is 497 g/mol. The van der Waals surface area contributed by atoms with E-state index in [-0.39, 0.29) is 18.2 Å². The van der Waals surface area contributed by atoms with E-state index in [1.54, 1.807) is 19.1 Å². The highest BCUT2D eigenvalue weighted by Crippen LogP contribution is 2.33. The van der Waals surface area contributed by atoms with E-state index in [1.807, 2.05) is 43.3 Å². The summed E-state index contributed by atoms with van der Waals surface area (Å²) in [6.07, 6.45) is 0.805. The van der Waals surface area contributed by atoms with E-state index >= 15 is 0 Å². The standard InChI is InChI=1S/C27H25ClFNO3S/c1-3-32-27(31)26-18(2)21-16-20(12-13-25(21)33-26)34-30(15-14-19-8-5-4-6-9-19)17-22-23(28)10-7-11-24(22)29/h4-13,16H,3,14-15,17H2,1-2H3. The van der Waals surface area contributed by atoms with Crippen LogP contribution in [0.15, 0.2) is 76.0 Å². The number of hydrogen-bond acceptors (Lipinski definition) is 5. The van der Waals surface area contributed by atoms with E-state index < -0.39 is 5.97 Å². The van der Waals surface area contributed by atoms with Crippen LogP contribution in [0.25, 0.3) is 11.0 Å². The first-order valence-corrected chi connectivity index (χ1v) is 12.2. The molecule has 4 rings (SSSR count). The molecule has 0 aliphatic carbocycles. The fraction of sp³-hybridized carbons (Fsp3) is 0.222. The summed E-state index contributed by atoms with van der Waals surface area (Å²) in [4.78, 5) is 13.2. The second-order valence-electron chi connectivity index (χ2n) is 7.83. The minimum Gasteiger partial charge on any atom is -0.460 e. The summed E-state index contributed by atoms with van der Waals surface area (Å²) in [7, 11) is 0. The number of ether oxygens (including phenoxy) is 1. The van der Waals surface area contributed by atoms with Crippen molar-refractivity contribution in [3.05, 3.63) is 100 Å². The summed E-state index contributed by atoms with van der Waals surface area (Å²) in [6, 6.07) is 20.7. The van der Waals surface area contributed by atoms with E-state index in [2.05, 4.69) is 16.4 Å². The smallest absolute Gasteiger partial charge is 0.374 e. The normalized spacial score (nSPS) is 11.3. The Kier molecular flexibility index (Phi) is 7.93. The first kappa shape index (κ1) is 24.3. The van der Waals surface area contributed by atoms with E-state index in [0.29, 0.717) is 29.3 Å². The van der Waals surface area contributed by atoms with Crippen molar-refractivity contribution in [2.24, 2.45) is 0 Å². The highest BCUT2D eigenvalue weighted by Gasteiger charge is 2.20. The summed E-state index contributed by atoms with van der Waals surface area (Å²) in [5.74, 6) is -0.569. The summed E-state index contributed by atoms with van der Waals surface area (Å²) in [5.41, 5.74) is 3.03. The zero-order valence-electron chi connectivity index (χ0n) is 19.0. The molecule has 0 N–H and O–H groups in total. The number of rotatable bonds is 9. The van der Waals surface area contributed by atoms with Crippen molar-refractivity contribution >= 4 is 40.5 Å². The first-order chi connectivity index (χ1) is 16.5. The van der Waals surface area contributed by atoms with Crippen LogP contribution < -0.4 is 0 Å². The first-order valence-electron chi connectivity index (χ1n) is 11.1. The van der Waals surface area contributed by atoms with E-state index in [4.69, 9.17) is 20.8 Å². The molecule has 0 atom stereocenters. The lowest BCUT2D eigenvalue weighted by molar-refractivity contribution is 0.0491. The topological polar surface area (TPSA) is 42.7 Å². The Labute approximate surface area is 207 Å². The lowest BCUT2D eigenvalue weighted by Gasteiger charge is -2.22. The third kappa shape index (κ3) is 5.63. The number of carbonyl (C=O) groups is 1. The Bertz CT molecular complexity index is 1270. The Morgan fingerprint density at radius 2 is 1.91 bits per heavy atom. The molecule has 1 heterocycles. The maximum atomic E-state index is 14.5. The summed E-state index contributed by atoms with van der Waals surface area (Å²) >= 11 is 7.84. The van der Waals surface area contributed by atoms with Crippen LogP contribution in [0.1, 0.15) is 34.2 Å². The molecule has 0 fully saturated rings. The van der Waals surface area contributed by atoms with Crippen LogP contribution in [-0.2, 0) is 17.7 Å². The molecular formula is C27H25ClFNO3S. The second kappa shape index (κ2) is 11.1. The van der Waals surface area contributed by atoms with Crippen molar-refractivity contribution in [2.45, 2.75) is 31.7 Å². The van der Waals surface area contributed by atoms with Crippen LogP contribution in [0.3, 0.4) is 0 Å². The number of hydrogen-bond donors (Lipinski definition) is 0. The van der Waals surface area contributed by atoms with E-state index in [0.717, 1.165) is 22.3 Å². The van der Waals surface area contributed by atoms with Gasteiger partial charge in [0.1, 0.15) is 11.4 Å². The van der Waals surface area contributed by atoms with Gasteiger partial charge in [0.05, 0.1) is 6.61 Å². The maximum absolute atomic E-state index is 14.5. The van der Waals surface area contributed by atoms with Crippen LogP contribution in [-0.4, -0.2) is 23.4 Å². The number of nitrogens with zero attached hydrogens (tertiary/aromatic N) is 1. The molecule has 176 valence electrons. The Morgan fingerprint density at radius 1 is 1.12 bits per heavy atom. The van der Waals surface area contributed by atoms with Gasteiger partial charge in [0.25, 0.3) is 0 Å². The van der Waals surface area contributed by atoms with Crippen molar-refractivity contribution in [1.82, 2.24) is 4.31 Å². The molecule has 0 unspecified atom stereocenters. The van der Waals surface area contributed by atoms with Crippen LogP contribution in [0.2, 0.25) is 5.02 Å². The average molecular weight is 498 g/mol. The van der Waals surface area contributed by atoms with Crippen molar-refractivity contribution in [3.63, 3.8) is 0 Å². The second-order valence-corrected chi connectivity index (χ2v) is 9.40. The van der Waals surface area contributed by atoms with Gasteiger partial charge in [-0.15, -0.1) is 0 Å². The van der Waals surface area contributed by atoms with Gasteiger partial charge in [-0.3, -0.25) is 0 Å². The summed E-state index contributed by atoms with van der Waals surface area (Å²) in [6.45, 7) is 4.93. The molecule has 7 heteroatoms. The fourth-order valence-corrected chi connectivity index (χ4v) is 4.91. The maximum Gasteiger partial charge on any atom is 0.374 e. The van der Waals surface area contributed by atoms with Crippen molar-refractivity contribution < 1.29 is 18.3 Å². The molecular weight excluding hydrogens is 473 g/mol. The largest absolute Gasteiger partial charge is 0.460 e. The lowest BCUT2D eigenvalue weighted by Crippen LogP contribution is -2.19. The SMILES string of the molecule is CCOC(=O)c1oc2ccc(SN(CCc3ccccc3)Cc3c(F)cccc3Cl)cc2c1C. The van der Waals surface area contributed by atoms with Crippen molar-refractivity contribution in [3.8, 4) is 0 Å². The van der Waals surface area contributed by atoms with Crippen LogP contribution in [0, 0.1) is 12.7 Å². The molecule has 0 saturated carbocycles. The molecule has 0 radical (unpaired) electrons. The van der Waals surface area contributed by atoms with Gasteiger partial charge in [-0.25, -0.2) is 13.5 Å². The molecule has 3 aromatic carbocycles. The van der Waals surface area contributed by atoms with Crippen LogP contribution in [0.5, 0.6) is 0 Å². The highest BCUT2D eigenvalue weighted by molar-refractivity contribution is 7.97. The Balaban J connectivity index is 1.60. The molecule has 0 aliphatic heterocycles. The zero-order chi connectivity index (χ0) is 24.1. The molecule has 0 spiro atoms. The molecule has 4 aromatic rings. The fourth-order valence-electron chi connectivity index (χ4n) is 3.71. The Morgan fingerprint density at radius 3 is 2.65 bits per heavy atom. The van der Waals surface area contributed by atoms with Crippen LogP contribution in [0.4, 0.5) is 4.39 Å². The molecule has 4 nitrogen and oxygen atoms in total. The van der Waals surface area contributed by atoms with Gasteiger partial charge >= 0.3 is 5.97 Å². The highest BCUT2D eigenvalue weighted by atomic mass is 35.5. The zero-order valence-corrected chi connectivity index (χ0v) is 20.6. The number of carbonyl (C=O) groups excluding carboxylic acids is 1. The number of benzene rings is 3. The summed E-state index contributed by atoms with van der Waals surface area (Å²) in [5, 5.41) is 1.26. The van der Waals surface area contributed by atoms with Gasteiger partial charge < -0.3 is 9.15 Å². The van der Waals surface area contributed by atoms with Gasteiger partial charge in [-0.2, -0.15) is 0 Å². The predicted molar refractivity (Wildman–Crippen MR) is 135 cm³/mol. The minimum absolute atomic E-state index is 0.220. The third-order valence-electron chi connectivity index (χ3n) is 5.49. The van der Waals surface area contributed by atoms with E-state index in [9.17, 15) is 9.18 Å². The minimum atomic E-state index is -0.468. The number of halogens is 2. The van der Waals surface area contributed by atoms with Gasteiger partial charge in [0.2, 0.25) is 5.76 Å². The number of esters is 1. The molecule has 0 aliphatic rings. The Hall–Kier alpha value is -2.80. The van der Waals surface area contributed by atoms with Crippen LogP contribution >= 0.6 is 23.5 Å². The number of furan rings is 1. The third-order valence-corrected chi connectivity index (χ3v) is 6.88. The van der Waals surface area contributed by atoms with Gasteiger partial charge in [-0.1, -0.05) is 48.0 Å². The predicted octanol–water partition coefficient (Wildman–Crippen LogP) is 7.46. The number of aryl methyl sites for hydroxylation is 1. The lowest BCUT2D eigenvalue weighted by atomic mass is 10.1. The van der Waals surface area contributed by atoms with E-state index in [1.165, 1.54) is 23.6 Å². The summed E-state index contributed by atoms with van der Waals surface area (Å²) < 4.78 is 27.5. The molecule has 0 saturated heterocycles. The average Bonchev–Trinajstić information content (AvgIpc) is 3.16. The van der Waals surface area contributed by atoms with Crippen molar-refractivity contribution in [1.29, 1.82) is 0 Å². The van der Waals surface area contributed by atoms with Gasteiger partial charge in [-0.05, 0) is 68.1 Å². The van der Waals surface area contributed by atoms with Gasteiger partial charge in [0.15, 0.2) is 0 Å².